The van der Waals surface area contributed by atoms with E-state index in [0.717, 1.165) is 11.4 Å². The third-order valence-electron chi connectivity index (χ3n) is 15.0. The SMILES string of the molecule is CC1(C)c2cc(N(c3ccc(-c4ccc5ccccc5c4-c4ccccc4)cc3)c3ccc4c(c3)C3(c5ccccc5-c5ccccc53)c3ccccc3-4)ccc2C2C=CC=CC21. The second-order valence-electron chi connectivity index (χ2n) is 18.4. The zero-order valence-electron chi connectivity index (χ0n) is 35.5. The van der Waals surface area contributed by atoms with E-state index in [2.05, 4.69) is 243 Å². The molecule has 0 aromatic heterocycles. The van der Waals surface area contributed by atoms with Crippen LogP contribution in [0.5, 0.6) is 0 Å². The summed E-state index contributed by atoms with van der Waals surface area (Å²) < 4.78 is 0. The van der Waals surface area contributed by atoms with E-state index in [0.29, 0.717) is 11.8 Å². The Bertz CT molecular complexity index is 3320. The molecule has 0 aliphatic heterocycles. The summed E-state index contributed by atoms with van der Waals surface area (Å²) in [5, 5.41) is 2.51. The molecule has 0 saturated heterocycles. The van der Waals surface area contributed by atoms with Crippen molar-refractivity contribution in [1.29, 1.82) is 0 Å². The smallest absolute Gasteiger partial charge is 0.0726 e. The van der Waals surface area contributed by atoms with E-state index in [9.17, 15) is 0 Å². The summed E-state index contributed by atoms with van der Waals surface area (Å²) in [6, 6.07) is 75.3. The van der Waals surface area contributed by atoms with Gasteiger partial charge in [-0.05, 0) is 136 Å². The van der Waals surface area contributed by atoms with E-state index in [1.807, 2.05) is 0 Å². The first-order chi connectivity index (χ1) is 31.0. The van der Waals surface area contributed by atoms with Crippen molar-refractivity contribution in [3.8, 4) is 44.5 Å². The van der Waals surface area contributed by atoms with E-state index in [4.69, 9.17) is 0 Å². The predicted molar refractivity (Wildman–Crippen MR) is 263 cm³/mol. The standard InChI is InChI=1S/C62H45N/c1-61(2)54-24-12-8-20-48(54)52-36-33-44(38-58(52)61)63(43-31-28-41(29-32-43)47-35-30-40-16-6-7-19-46(40)60(47)42-17-4-3-5-18-42)45-34-37-53-51-23-11-15-27-57(51)62(59(53)39-45)55-25-13-9-21-49(55)50-22-10-14-26-56(50)62/h3-39,48,54H,1-2H3. The molecule has 0 amide bonds. The van der Waals surface area contributed by atoms with Gasteiger partial charge in [-0.25, -0.2) is 0 Å². The minimum Gasteiger partial charge on any atom is -0.310 e. The van der Waals surface area contributed by atoms with Crippen molar-refractivity contribution in [2.24, 2.45) is 5.92 Å². The van der Waals surface area contributed by atoms with E-state index in [1.54, 1.807) is 0 Å². The summed E-state index contributed by atoms with van der Waals surface area (Å²) >= 11 is 0. The molecule has 0 fully saturated rings. The highest BCUT2D eigenvalue weighted by atomic mass is 15.1. The molecule has 9 aromatic rings. The molecule has 1 spiro atoms. The Morgan fingerprint density at radius 2 is 0.937 bits per heavy atom. The number of rotatable bonds is 5. The Labute approximate surface area is 370 Å². The number of nitrogens with zero attached hydrogens (tertiary/aromatic N) is 1. The van der Waals surface area contributed by atoms with Gasteiger partial charge in [0.05, 0.1) is 5.41 Å². The molecule has 0 saturated carbocycles. The second-order valence-corrected chi connectivity index (χ2v) is 18.4. The molecular formula is C62H45N. The molecule has 1 heteroatoms. The molecule has 2 unspecified atom stereocenters. The van der Waals surface area contributed by atoms with E-state index >= 15 is 0 Å². The maximum absolute atomic E-state index is 2.52. The molecule has 0 heterocycles. The van der Waals surface area contributed by atoms with Crippen LogP contribution in [0, 0.1) is 5.92 Å². The molecule has 298 valence electrons. The third-order valence-corrected chi connectivity index (χ3v) is 15.0. The van der Waals surface area contributed by atoms with E-state index in [1.165, 1.54) is 94.3 Å². The molecule has 2 atom stereocenters. The van der Waals surface area contributed by atoms with Crippen LogP contribution in [0.3, 0.4) is 0 Å². The van der Waals surface area contributed by atoms with Crippen molar-refractivity contribution in [2.45, 2.75) is 30.6 Å². The maximum atomic E-state index is 2.52. The van der Waals surface area contributed by atoms with Crippen LogP contribution in [-0.2, 0) is 10.8 Å². The fourth-order valence-electron chi connectivity index (χ4n) is 12.2. The fourth-order valence-corrected chi connectivity index (χ4v) is 12.2. The lowest BCUT2D eigenvalue weighted by Gasteiger charge is -2.33. The van der Waals surface area contributed by atoms with Crippen LogP contribution in [0.2, 0.25) is 0 Å². The van der Waals surface area contributed by atoms with Crippen LogP contribution in [0.4, 0.5) is 17.1 Å². The van der Waals surface area contributed by atoms with Gasteiger partial charge in [0.25, 0.3) is 0 Å². The van der Waals surface area contributed by atoms with Crippen molar-refractivity contribution in [3.63, 3.8) is 0 Å². The number of hydrogen-bond acceptors (Lipinski definition) is 1. The molecule has 13 rings (SSSR count). The van der Waals surface area contributed by atoms with Crippen LogP contribution < -0.4 is 4.90 Å². The average Bonchev–Trinajstić information content (AvgIpc) is 3.90. The van der Waals surface area contributed by atoms with Crippen LogP contribution in [-0.4, -0.2) is 0 Å². The Kier molecular flexibility index (Phi) is 7.76. The first kappa shape index (κ1) is 36.2. The van der Waals surface area contributed by atoms with Gasteiger partial charge < -0.3 is 4.90 Å². The highest BCUT2D eigenvalue weighted by Gasteiger charge is 2.52. The summed E-state index contributed by atoms with van der Waals surface area (Å²) in [5.74, 6) is 0.825. The molecule has 1 nitrogen and oxygen atoms in total. The zero-order valence-corrected chi connectivity index (χ0v) is 35.5. The Balaban J connectivity index is 1.02. The van der Waals surface area contributed by atoms with Crippen molar-refractivity contribution >= 4 is 27.8 Å². The molecule has 9 aromatic carbocycles. The molecular weight excluding hydrogens is 759 g/mol. The Morgan fingerprint density at radius 1 is 0.397 bits per heavy atom. The van der Waals surface area contributed by atoms with E-state index < -0.39 is 5.41 Å². The molecule has 0 bridgehead atoms. The topological polar surface area (TPSA) is 3.24 Å². The molecule has 0 radical (unpaired) electrons. The van der Waals surface area contributed by atoms with Gasteiger partial charge in [-0.2, -0.15) is 0 Å². The maximum Gasteiger partial charge on any atom is 0.0726 e. The minimum absolute atomic E-state index is 0.0162. The molecule has 63 heavy (non-hydrogen) atoms. The van der Waals surface area contributed by atoms with Gasteiger partial charge in [-0.1, -0.05) is 202 Å². The Hall–Kier alpha value is -7.48. The van der Waals surface area contributed by atoms with Gasteiger partial charge in [0.2, 0.25) is 0 Å². The monoisotopic (exact) mass is 803 g/mol. The summed E-state index contributed by atoms with van der Waals surface area (Å²) in [6.07, 6.45) is 9.29. The highest BCUT2D eigenvalue weighted by Crippen LogP contribution is 2.63. The summed E-state index contributed by atoms with van der Waals surface area (Å²) in [7, 11) is 0. The van der Waals surface area contributed by atoms with E-state index in [-0.39, 0.29) is 5.41 Å². The third kappa shape index (κ3) is 5.05. The van der Waals surface area contributed by atoms with Crippen molar-refractivity contribution in [1.82, 2.24) is 0 Å². The first-order valence-electron chi connectivity index (χ1n) is 22.4. The van der Waals surface area contributed by atoms with Gasteiger partial charge in [0.15, 0.2) is 0 Å². The minimum atomic E-state index is -0.428. The Morgan fingerprint density at radius 3 is 1.63 bits per heavy atom. The molecule has 4 aliphatic rings. The normalized spacial score (nSPS) is 17.5. The number of anilines is 3. The van der Waals surface area contributed by atoms with Gasteiger partial charge in [0, 0.05) is 23.0 Å². The average molecular weight is 804 g/mol. The van der Waals surface area contributed by atoms with Crippen molar-refractivity contribution in [3.05, 3.63) is 258 Å². The van der Waals surface area contributed by atoms with Crippen LogP contribution in [0.1, 0.15) is 53.1 Å². The number of hydrogen-bond donors (Lipinski definition) is 0. The number of fused-ring (bicyclic) bond motifs is 14. The van der Waals surface area contributed by atoms with Crippen molar-refractivity contribution < 1.29 is 0 Å². The number of allylic oxidation sites excluding steroid dienone is 4. The quantitative estimate of drug-likeness (QED) is 0.168. The highest BCUT2D eigenvalue weighted by molar-refractivity contribution is 6.04. The zero-order chi connectivity index (χ0) is 41.9. The van der Waals surface area contributed by atoms with Crippen LogP contribution in [0.25, 0.3) is 55.3 Å². The summed E-state index contributed by atoms with van der Waals surface area (Å²) in [5.41, 5.74) is 21.5. The molecule has 4 aliphatic carbocycles. The fraction of sp³-hybridized carbons (Fsp3) is 0.0968. The largest absolute Gasteiger partial charge is 0.310 e. The second kappa shape index (κ2) is 13.5. The summed E-state index contributed by atoms with van der Waals surface area (Å²) in [6.45, 7) is 4.87. The lowest BCUT2D eigenvalue weighted by atomic mass is 9.70. The predicted octanol–water partition coefficient (Wildman–Crippen LogP) is 16.1. The molecule has 0 N–H and O–H groups in total. The number of benzene rings is 9. The lowest BCUT2D eigenvalue weighted by Crippen LogP contribution is -2.26. The van der Waals surface area contributed by atoms with Gasteiger partial charge >= 0.3 is 0 Å². The first-order valence-corrected chi connectivity index (χ1v) is 22.4. The van der Waals surface area contributed by atoms with Crippen molar-refractivity contribution in [2.75, 3.05) is 4.90 Å². The lowest BCUT2D eigenvalue weighted by molar-refractivity contribution is 0.394. The van der Waals surface area contributed by atoms with Gasteiger partial charge in [-0.15, -0.1) is 0 Å². The van der Waals surface area contributed by atoms with Gasteiger partial charge in [-0.3, -0.25) is 0 Å². The summed E-state index contributed by atoms with van der Waals surface area (Å²) in [4.78, 5) is 2.51. The van der Waals surface area contributed by atoms with Crippen LogP contribution in [0.15, 0.2) is 224 Å². The van der Waals surface area contributed by atoms with Gasteiger partial charge in [0.1, 0.15) is 0 Å². The van der Waals surface area contributed by atoms with Crippen LogP contribution >= 0.6 is 0 Å².